The maximum atomic E-state index is 11.6. The van der Waals surface area contributed by atoms with Crippen molar-refractivity contribution in [3.05, 3.63) is 36.3 Å². The molecule has 0 atom stereocenters. The van der Waals surface area contributed by atoms with Crippen LogP contribution >= 0.6 is 0 Å². The summed E-state index contributed by atoms with van der Waals surface area (Å²) in [6.07, 6.45) is 0.656. The third kappa shape index (κ3) is 5.83. The fourth-order valence-corrected chi connectivity index (χ4v) is 1.97. The van der Waals surface area contributed by atoms with Crippen molar-refractivity contribution in [1.82, 2.24) is 15.3 Å². The van der Waals surface area contributed by atoms with E-state index in [0.29, 0.717) is 11.5 Å². The van der Waals surface area contributed by atoms with Gasteiger partial charge in [0.25, 0.3) is 0 Å². The van der Waals surface area contributed by atoms with E-state index in [1.807, 2.05) is 12.1 Å². The fraction of sp³-hybridized carbons (Fsp3) is 0.353. The minimum atomic E-state index is -0.543. The number of H-pyrrole nitrogens is 1. The van der Waals surface area contributed by atoms with Crippen molar-refractivity contribution < 1.29 is 19.1 Å². The quantitative estimate of drug-likeness (QED) is 0.788. The Hall–Kier alpha value is -3.03. The van der Waals surface area contributed by atoms with E-state index in [-0.39, 0.29) is 6.54 Å². The van der Waals surface area contributed by atoms with Crippen molar-refractivity contribution in [2.45, 2.75) is 32.9 Å². The number of methoxy groups -OCH3 is 1. The highest BCUT2D eigenvalue weighted by Gasteiger charge is 2.16. The number of hydrogen-bond acceptors (Lipinski definition) is 5. The van der Waals surface area contributed by atoms with Gasteiger partial charge in [0.1, 0.15) is 11.4 Å². The molecule has 1 aromatic carbocycles. The minimum absolute atomic E-state index is 0.233. The van der Waals surface area contributed by atoms with E-state index < -0.39 is 17.8 Å². The molecule has 0 saturated carbocycles. The van der Waals surface area contributed by atoms with Gasteiger partial charge in [0.2, 0.25) is 0 Å². The zero-order valence-electron chi connectivity index (χ0n) is 14.7. The van der Waals surface area contributed by atoms with Crippen LogP contribution in [0.15, 0.2) is 30.5 Å². The van der Waals surface area contributed by atoms with E-state index in [1.165, 1.54) is 7.11 Å². The number of ether oxygens (including phenoxy) is 2. The van der Waals surface area contributed by atoms with Crippen molar-refractivity contribution in [3.63, 3.8) is 0 Å². The average molecular weight is 346 g/mol. The summed E-state index contributed by atoms with van der Waals surface area (Å²) >= 11 is 0. The summed E-state index contributed by atoms with van der Waals surface area (Å²) in [7, 11) is 1.31. The standard InChI is InChI=1S/C17H22N4O4/c1-17(2,3)25-15(22)19-10-14-18-9-13(21-14)11-5-7-12(8-6-11)20-16(23)24-4/h5-9H,10H2,1-4H3,(H,18,21)(H,19,22)(H,20,23). The van der Waals surface area contributed by atoms with Gasteiger partial charge in [-0.1, -0.05) is 12.1 Å². The first-order valence-electron chi connectivity index (χ1n) is 7.73. The van der Waals surface area contributed by atoms with Crippen LogP contribution in [0.3, 0.4) is 0 Å². The van der Waals surface area contributed by atoms with E-state index >= 15 is 0 Å². The molecule has 134 valence electrons. The van der Waals surface area contributed by atoms with Crippen LogP contribution in [-0.2, 0) is 16.0 Å². The number of nitrogens with zero attached hydrogens (tertiary/aromatic N) is 1. The number of benzene rings is 1. The first-order chi connectivity index (χ1) is 11.8. The Labute approximate surface area is 145 Å². The van der Waals surface area contributed by atoms with Crippen LogP contribution in [-0.4, -0.2) is 34.9 Å². The van der Waals surface area contributed by atoms with Crippen molar-refractivity contribution in [2.75, 3.05) is 12.4 Å². The van der Waals surface area contributed by atoms with Crippen LogP contribution in [0.25, 0.3) is 11.3 Å². The third-order valence-electron chi connectivity index (χ3n) is 3.06. The SMILES string of the molecule is COC(=O)Nc1ccc(-c2cnc(CNC(=O)OC(C)(C)C)[nH]2)cc1. The smallest absolute Gasteiger partial charge is 0.411 e. The third-order valence-corrected chi connectivity index (χ3v) is 3.06. The zero-order valence-corrected chi connectivity index (χ0v) is 14.7. The molecule has 0 aliphatic carbocycles. The Balaban J connectivity index is 1.94. The lowest BCUT2D eigenvalue weighted by atomic mass is 10.1. The number of anilines is 1. The molecule has 0 radical (unpaired) electrons. The summed E-state index contributed by atoms with van der Waals surface area (Å²) in [5, 5.41) is 5.22. The second kappa shape index (κ2) is 7.69. The molecule has 0 unspecified atom stereocenters. The number of carbonyl (C=O) groups is 2. The number of imidazole rings is 1. The molecule has 1 aromatic heterocycles. The summed E-state index contributed by atoms with van der Waals surface area (Å²) in [4.78, 5) is 30.2. The van der Waals surface area contributed by atoms with E-state index in [2.05, 4.69) is 25.3 Å². The first-order valence-corrected chi connectivity index (χ1v) is 7.73. The van der Waals surface area contributed by atoms with E-state index in [1.54, 1.807) is 39.1 Å². The molecule has 2 rings (SSSR count). The molecule has 0 aliphatic rings. The van der Waals surface area contributed by atoms with Crippen molar-refractivity contribution in [2.24, 2.45) is 0 Å². The van der Waals surface area contributed by atoms with Gasteiger partial charge in [-0.25, -0.2) is 14.6 Å². The van der Waals surface area contributed by atoms with Gasteiger partial charge in [0, 0.05) is 5.69 Å². The van der Waals surface area contributed by atoms with Crippen molar-refractivity contribution >= 4 is 17.9 Å². The molecular formula is C17H22N4O4. The van der Waals surface area contributed by atoms with E-state index in [9.17, 15) is 9.59 Å². The Bertz CT molecular complexity index is 732. The number of amides is 2. The van der Waals surface area contributed by atoms with Crippen LogP contribution < -0.4 is 10.6 Å². The summed E-state index contributed by atoms with van der Waals surface area (Å²) < 4.78 is 9.71. The molecule has 25 heavy (non-hydrogen) atoms. The highest BCUT2D eigenvalue weighted by Crippen LogP contribution is 2.20. The molecule has 0 bridgehead atoms. The lowest BCUT2D eigenvalue weighted by Crippen LogP contribution is -2.32. The lowest BCUT2D eigenvalue weighted by molar-refractivity contribution is 0.0522. The van der Waals surface area contributed by atoms with Gasteiger partial charge in [0.05, 0.1) is 25.5 Å². The minimum Gasteiger partial charge on any atom is -0.453 e. The van der Waals surface area contributed by atoms with Crippen LogP contribution in [0.4, 0.5) is 15.3 Å². The topological polar surface area (TPSA) is 105 Å². The molecule has 2 aromatic rings. The number of hydrogen-bond donors (Lipinski definition) is 3. The molecule has 0 spiro atoms. The van der Waals surface area contributed by atoms with Gasteiger partial charge in [-0.15, -0.1) is 0 Å². The van der Waals surface area contributed by atoms with E-state index in [4.69, 9.17) is 4.74 Å². The van der Waals surface area contributed by atoms with Gasteiger partial charge in [-0.3, -0.25) is 5.32 Å². The molecule has 2 amide bonds. The van der Waals surface area contributed by atoms with Gasteiger partial charge in [-0.2, -0.15) is 0 Å². The number of rotatable bonds is 4. The van der Waals surface area contributed by atoms with Gasteiger partial charge >= 0.3 is 12.2 Å². The largest absolute Gasteiger partial charge is 0.453 e. The predicted octanol–water partition coefficient (Wildman–Crippen LogP) is 3.28. The van der Waals surface area contributed by atoms with Crippen molar-refractivity contribution in [3.8, 4) is 11.3 Å². The molecule has 0 aliphatic heterocycles. The number of aromatic amines is 1. The number of alkyl carbamates (subject to hydrolysis) is 1. The Kier molecular flexibility index (Phi) is 5.63. The predicted molar refractivity (Wildman–Crippen MR) is 93.1 cm³/mol. The average Bonchev–Trinajstić information content (AvgIpc) is 3.01. The monoisotopic (exact) mass is 346 g/mol. The number of aromatic nitrogens is 2. The van der Waals surface area contributed by atoms with Gasteiger partial charge in [0.15, 0.2) is 0 Å². The maximum absolute atomic E-state index is 11.6. The van der Waals surface area contributed by atoms with Crippen LogP contribution in [0.1, 0.15) is 26.6 Å². The number of nitrogens with one attached hydrogen (secondary N) is 3. The van der Waals surface area contributed by atoms with Gasteiger partial charge < -0.3 is 19.8 Å². The Morgan fingerprint density at radius 1 is 1.16 bits per heavy atom. The van der Waals surface area contributed by atoms with Crippen LogP contribution in [0.2, 0.25) is 0 Å². The van der Waals surface area contributed by atoms with Crippen LogP contribution in [0.5, 0.6) is 0 Å². The maximum Gasteiger partial charge on any atom is 0.411 e. The van der Waals surface area contributed by atoms with Gasteiger partial charge in [-0.05, 0) is 38.5 Å². The Morgan fingerprint density at radius 2 is 1.84 bits per heavy atom. The first kappa shape index (κ1) is 18.3. The normalized spacial score (nSPS) is 10.9. The molecule has 0 saturated heterocycles. The van der Waals surface area contributed by atoms with Crippen molar-refractivity contribution in [1.29, 1.82) is 0 Å². The molecule has 1 heterocycles. The molecule has 8 heteroatoms. The molecule has 8 nitrogen and oxygen atoms in total. The number of carbonyl (C=O) groups excluding carboxylic acids is 2. The van der Waals surface area contributed by atoms with Crippen LogP contribution in [0, 0.1) is 0 Å². The lowest BCUT2D eigenvalue weighted by Gasteiger charge is -2.19. The summed E-state index contributed by atoms with van der Waals surface area (Å²) in [5.41, 5.74) is 1.78. The highest BCUT2D eigenvalue weighted by atomic mass is 16.6. The fourth-order valence-electron chi connectivity index (χ4n) is 1.97. The highest BCUT2D eigenvalue weighted by molar-refractivity contribution is 5.84. The molecule has 0 fully saturated rings. The second-order valence-corrected chi connectivity index (χ2v) is 6.29. The zero-order chi connectivity index (χ0) is 18.4. The second-order valence-electron chi connectivity index (χ2n) is 6.29. The summed E-state index contributed by atoms with van der Waals surface area (Å²) in [5.74, 6) is 0.609. The Morgan fingerprint density at radius 3 is 2.44 bits per heavy atom. The van der Waals surface area contributed by atoms with E-state index in [0.717, 1.165) is 11.3 Å². The molecular weight excluding hydrogens is 324 g/mol. The summed E-state index contributed by atoms with van der Waals surface area (Å²) in [6.45, 7) is 5.64. The summed E-state index contributed by atoms with van der Waals surface area (Å²) in [6, 6.07) is 7.19. The molecule has 3 N–H and O–H groups in total.